The molecule has 0 aliphatic rings. The Balaban J connectivity index is 3.31. The van der Waals surface area contributed by atoms with Gasteiger partial charge in [-0.2, -0.15) is 0 Å². The van der Waals surface area contributed by atoms with Gasteiger partial charge in [0.25, 0.3) is 6.47 Å². The number of ether oxygens (including phenoxy) is 1. The van der Waals surface area contributed by atoms with Crippen molar-refractivity contribution < 1.29 is 27.1 Å². The summed E-state index contributed by atoms with van der Waals surface area (Å²) in [6.45, 7) is -1.01. The lowest BCUT2D eigenvalue weighted by atomic mass is 10.1. The first-order valence-electron chi connectivity index (χ1n) is 3.66. The maximum absolute atomic E-state index is 13.0. The Morgan fingerprint density at radius 1 is 1.07 bits per heavy atom. The summed E-state index contributed by atoms with van der Waals surface area (Å²) >= 11 is 0. The number of halogens is 4. The summed E-state index contributed by atoms with van der Waals surface area (Å²) in [6.07, 6.45) is 0. The molecule has 15 heavy (non-hydrogen) atoms. The van der Waals surface area contributed by atoms with Crippen LogP contribution in [0.5, 0.6) is 0 Å². The number of benzene rings is 1. The molecule has 2 N–H and O–H groups in total. The second kappa shape index (κ2) is 4.16. The largest absolute Gasteiger partial charge is 0.463 e. The molecule has 0 aromatic heterocycles. The topological polar surface area (TPSA) is 52.3 Å². The van der Waals surface area contributed by atoms with E-state index in [1.54, 1.807) is 0 Å². The molecule has 0 saturated heterocycles. The highest BCUT2D eigenvalue weighted by Crippen LogP contribution is 2.25. The molecule has 1 aromatic rings. The van der Waals surface area contributed by atoms with Gasteiger partial charge in [-0.3, -0.25) is 4.79 Å². The molecule has 0 fully saturated rings. The van der Waals surface area contributed by atoms with Gasteiger partial charge in [-0.05, 0) is 0 Å². The molecule has 3 nitrogen and oxygen atoms in total. The summed E-state index contributed by atoms with van der Waals surface area (Å²) < 4.78 is 55.6. The van der Waals surface area contributed by atoms with Crippen LogP contribution in [0.2, 0.25) is 0 Å². The van der Waals surface area contributed by atoms with E-state index in [1.165, 1.54) is 0 Å². The zero-order chi connectivity index (χ0) is 11.6. The van der Waals surface area contributed by atoms with Crippen LogP contribution in [0.25, 0.3) is 0 Å². The standard InChI is InChI=1S/C8H5F4NO2/c9-4-3(1-15-2-14)5(10)7(12)8(13)6(4)11/h2H,1,13H2. The number of hydrogen-bond acceptors (Lipinski definition) is 3. The van der Waals surface area contributed by atoms with Gasteiger partial charge in [0.1, 0.15) is 12.3 Å². The van der Waals surface area contributed by atoms with Crippen LogP contribution in [0, 0.1) is 23.3 Å². The van der Waals surface area contributed by atoms with E-state index in [2.05, 4.69) is 4.74 Å². The van der Waals surface area contributed by atoms with Crippen LogP contribution >= 0.6 is 0 Å². The van der Waals surface area contributed by atoms with Gasteiger partial charge < -0.3 is 10.5 Å². The molecule has 1 rings (SSSR count). The summed E-state index contributed by atoms with van der Waals surface area (Å²) in [4.78, 5) is 9.76. The number of carbonyl (C=O) groups is 1. The average Bonchev–Trinajstić information content (AvgIpc) is 2.24. The van der Waals surface area contributed by atoms with E-state index in [1.807, 2.05) is 0 Å². The molecular weight excluding hydrogens is 218 g/mol. The number of nitrogens with two attached hydrogens (primary N) is 1. The number of hydrogen-bond donors (Lipinski definition) is 1. The SMILES string of the molecule is Nc1c(F)c(F)c(COC=O)c(F)c1F. The van der Waals surface area contributed by atoms with Crippen LogP contribution in [0.4, 0.5) is 23.2 Å². The second-order valence-corrected chi connectivity index (χ2v) is 2.56. The summed E-state index contributed by atoms with van der Waals surface area (Å²) in [6, 6.07) is 0. The molecule has 0 radical (unpaired) electrons. The smallest absolute Gasteiger partial charge is 0.293 e. The van der Waals surface area contributed by atoms with Gasteiger partial charge in [-0.1, -0.05) is 0 Å². The second-order valence-electron chi connectivity index (χ2n) is 2.56. The molecule has 0 amide bonds. The predicted octanol–water partition coefficient (Wildman–Crippen LogP) is 1.50. The van der Waals surface area contributed by atoms with Crippen LogP contribution in [-0.2, 0) is 16.1 Å². The van der Waals surface area contributed by atoms with Gasteiger partial charge >= 0.3 is 0 Å². The zero-order valence-corrected chi connectivity index (χ0v) is 7.19. The number of carbonyl (C=O) groups excluding carboxylic acids is 1. The first-order valence-corrected chi connectivity index (χ1v) is 3.66. The molecule has 0 atom stereocenters. The highest BCUT2D eigenvalue weighted by molar-refractivity contribution is 5.45. The van der Waals surface area contributed by atoms with E-state index in [0.717, 1.165) is 0 Å². The number of rotatable bonds is 3. The van der Waals surface area contributed by atoms with Crippen molar-refractivity contribution in [3.63, 3.8) is 0 Å². The van der Waals surface area contributed by atoms with Gasteiger partial charge in [0, 0.05) is 0 Å². The average molecular weight is 223 g/mol. The van der Waals surface area contributed by atoms with Crippen LogP contribution in [0.15, 0.2) is 0 Å². The van der Waals surface area contributed by atoms with Crippen molar-refractivity contribution in [2.75, 3.05) is 5.73 Å². The Labute approximate surface area is 81.4 Å². The minimum atomic E-state index is -1.71. The van der Waals surface area contributed by atoms with Crippen molar-refractivity contribution in [2.45, 2.75) is 6.61 Å². The fourth-order valence-corrected chi connectivity index (χ4v) is 0.938. The Bertz CT molecular complexity index is 379. The lowest BCUT2D eigenvalue weighted by Gasteiger charge is -2.07. The van der Waals surface area contributed by atoms with Gasteiger partial charge in [-0.25, -0.2) is 17.6 Å². The van der Waals surface area contributed by atoms with E-state index in [-0.39, 0.29) is 6.47 Å². The minimum absolute atomic E-state index is 0.106. The lowest BCUT2D eigenvalue weighted by Crippen LogP contribution is -2.09. The normalized spacial score (nSPS) is 10.1. The molecular formula is C8H5F4NO2. The van der Waals surface area contributed by atoms with Crippen molar-refractivity contribution >= 4 is 12.2 Å². The third-order valence-electron chi connectivity index (χ3n) is 1.68. The summed E-state index contributed by atoms with van der Waals surface area (Å²) in [5.74, 6) is -6.77. The van der Waals surface area contributed by atoms with Crippen molar-refractivity contribution in [2.24, 2.45) is 0 Å². The molecule has 0 spiro atoms. The van der Waals surface area contributed by atoms with Crippen molar-refractivity contribution in [3.05, 3.63) is 28.8 Å². The molecule has 7 heteroatoms. The quantitative estimate of drug-likeness (QED) is 0.365. The van der Waals surface area contributed by atoms with E-state index in [4.69, 9.17) is 5.73 Å². The first kappa shape index (κ1) is 11.3. The molecule has 1 aromatic carbocycles. The van der Waals surface area contributed by atoms with E-state index in [9.17, 15) is 22.4 Å². The molecule has 0 bridgehead atoms. The molecule has 0 aliphatic heterocycles. The first-order chi connectivity index (χ1) is 7.00. The fourth-order valence-electron chi connectivity index (χ4n) is 0.938. The highest BCUT2D eigenvalue weighted by atomic mass is 19.2. The van der Waals surface area contributed by atoms with Crippen molar-refractivity contribution in [1.29, 1.82) is 0 Å². The summed E-state index contributed by atoms with van der Waals surface area (Å²) in [5.41, 5.74) is 2.47. The lowest BCUT2D eigenvalue weighted by molar-refractivity contribution is -0.129. The van der Waals surface area contributed by atoms with Gasteiger partial charge in [0.2, 0.25) is 0 Å². The Morgan fingerprint density at radius 3 is 1.93 bits per heavy atom. The van der Waals surface area contributed by atoms with Gasteiger partial charge in [-0.15, -0.1) is 0 Å². The summed E-state index contributed by atoms with van der Waals surface area (Å²) in [5, 5.41) is 0. The third-order valence-corrected chi connectivity index (χ3v) is 1.68. The van der Waals surface area contributed by atoms with Crippen LogP contribution < -0.4 is 5.73 Å². The van der Waals surface area contributed by atoms with Crippen LogP contribution in [0.3, 0.4) is 0 Å². The van der Waals surface area contributed by atoms with Crippen LogP contribution in [0.1, 0.15) is 5.56 Å². The highest BCUT2D eigenvalue weighted by Gasteiger charge is 2.23. The Hall–Kier alpha value is -1.79. The number of nitrogen functional groups attached to an aromatic ring is 1. The monoisotopic (exact) mass is 223 g/mol. The number of anilines is 1. The minimum Gasteiger partial charge on any atom is -0.463 e. The zero-order valence-electron chi connectivity index (χ0n) is 7.19. The maximum Gasteiger partial charge on any atom is 0.293 e. The predicted molar refractivity (Wildman–Crippen MR) is 41.5 cm³/mol. The van der Waals surface area contributed by atoms with E-state index < -0.39 is 41.1 Å². The molecule has 0 saturated carbocycles. The van der Waals surface area contributed by atoms with Gasteiger partial charge in [0.15, 0.2) is 23.3 Å². The van der Waals surface area contributed by atoms with Crippen molar-refractivity contribution in [3.8, 4) is 0 Å². The molecule has 0 heterocycles. The van der Waals surface area contributed by atoms with Crippen LogP contribution in [-0.4, -0.2) is 6.47 Å². The molecule has 0 unspecified atom stereocenters. The van der Waals surface area contributed by atoms with Crippen molar-refractivity contribution in [1.82, 2.24) is 0 Å². The summed E-state index contributed by atoms with van der Waals surface area (Å²) in [7, 11) is 0. The maximum atomic E-state index is 13.0. The molecule has 82 valence electrons. The molecule has 0 aliphatic carbocycles. The van der Waals surface area contributed by atoms with E-state index >= 15 is 0 Å². The van der Waals surface area contributed by atoms with Gasteiger partial charge in [0.05, 0.1) is 5.56 Å². The Kier molecular flexibility index (Phi) is 3.13. The third kappa shape index (κ3) is 1.85. The Morgan fingerprint density at radius 2 is 1.53 bits per heavy atom. The van der Waals surface area contributed by atoms with E-state index in [0.29, 0.717) is 0 Å². The fraction of sp³-hybridized carbons (Fsp3) is 0.125.